The van der Waals surface area contributed by atoms with Gasteiger partial charge in [-0.1, -0.05) is 12.1 Å². The van der Waals surface area contributed by atoms with Crippen LogP contribution in [0.15, 0.2) is 47.5 Å². The molecule has 2 fully saturated rings. The van der Waals surface area contributed by atoms with Crippen molar-refractivity contribution < 1.29 is 14.0 Å². The molecule has 0 unspecified atom stereocenters. The van der Waals surface area contributed by atoms with Crippen LogP contribution in [0.4, 0.5) is 14.9 Å². The Morgan fingerprint density at radius 2 is 1.91 bits per heavy atom. The van der Waals surface area contributed by atoms with E-state index >= 15 is 4.39 Å². The Kier molecular flexibility index (Phi) is 5.36. The molecule has 0 bridgehead atoms. The first-order chi connectivity index (χ1) is 15.5. The lowest BCUT2D eigenvalue weighted by molar-refractivity contribution is -0.115. The number of nitrogens with one attached hydrogen (secondary N) is 1. The molecule has 0 radical (unpaired) electrons. The summed E-state index contributed by atoms with van der Waals surface area (Å²) in [4.78, 5) is 27.9. The van der Waals surface area contributed by atoms with E-state index < -0.39 is 5.91 Å². The van der Waals surface area contributed by atoms with Crippen molar-refractivity contribution in [1.82, 2.24) is 20.4 Å². The third-order valence-corrected chi connectivity index (χ3v) is 6.52. The zero-order valence-corrected chi connectivity index (χ0v) is 18.2. The van der Waals surface area contributed by atoms with E-state index in [-0.39, 0.29) is 11.1 Å². The molecule has 32 heavy (non-hydrogen) atoms. The number of imide groups is 1. The highest BCUT2D eigenvalue weighted by molar-refractivity contribution is 8.18. The fourth-order valence-electron chi connectivity index (χ4n) is 3.95. The number of halogens is 1. The van der Waals surface area contributed by atoms with Crippen molar-refractivity contribution in [2.24, 2.45) is 0 Å². The predicted octanol–water partition coefficient (Wildman–Crippen LogP) is 3.51. The number of thioether (sulfide) groups is 1. The van der Waals surface area contributed by atoms with Crippen LogP contribution in [-0.2, 0) is 4.79 Å². The Balaban J connectivity index is 1.51. The van der Waals surface area contributed by atoms with E-state index in [1.807, 2.05) is 24.3 Å². The fraction of sp³-hybridized carbons (Fsp3) is 0.217. The van der Waals surface area contributed by atoms with Gasteiger partial charge in [0.2, 0.25) is 0 Å². The number of hydrogen-bond acceptors (Lipinski definition) is 7. The quantitative estimate of drug-likeness (QED) is 0.613. The lowest BCUT2D eigenvalue weighted by Crippen LogP contribution is -2.44. The predicted molar refractivity (Wildman–Crippen MR) is 124 cm³/mol. The molecule has 0 atom stereocenters. The number of amides is 2. The van der Waals surface area contributed by atoms with Gasteiger partial charge in [-0.2, -0.15) is 10.2 Å². The van der Waals surface area contributed by atoms with Gasteiger partial charge in [-0.15, -0.1) is 0 Å². The van der Waals surface area contributed by atoms with Crippen LogP contribution in [0.2, 0.25) is 0 Å². The van der Waals surface area contributed by atoms with Crippen molar-refractivity contribution >= 4 is 45.6 Å². The van der Waals surface area contributed by atoms with Crippen molar-refractivity contribution in [2.45, 2.75) is 0 Å². The Hall–Kier alpha value is -3.30. The maximum absolute atomic E-state index is 15.1. The number of hydrogen-bond donors (Lipinski definition) is 1. The van der Waals surface area contributed by atoms with E-state index in [1.165, 1.54) is 6.07 Å². The van der Waals surface area contributed by atoms with Gasteiger partial charge in [0.25, 0.3) is 11.1 Å². The topological polar surface area (TPSA) is 78.4 Å². The highest BCUT2D eigenvalue weighted by atomic mass is 32.2. The number of carbonyl (C=O) groups excluding carboxylic acids is 2. The highest BCUT2D eigenvalue weighted by Gasteiger charge is 2.25. The number of carbonyl (C=O) groups is 2. The van der Waals surface area contributed by atoms with Crippen molar-refractivity contribution in [2.75, 3.05) is 38.1 Å². The Labute approximate surface area is 188 Å². The van der Waals surface area contributed by atoms with Crippen LogP contribution in [-0.4, -0.2) is 59.5 Å². The third-order valence-electron chi connectivity index (χ3n) is 5.71. The molecule has 2 amide bonds. The normalized spacial score (nSPS) is 18.6. The lowest BCUT2D eigenvalue weighted by Gasteiger charge is -2.34. The molecule has 0 saturated carbocycles. The van der Waals surface area contributed by atoms with Crippen LogP contribution in [0.3, 0.4) is 0 Å². The van der Waals surface area contributed by atoms with Crippen LogP contribution in [0.5, 0.6) is 0 Å². The minimum absolute atomic E-state index is 0.271. The number of aromatic nitrogens is 2. The van der Waals surface area contributed by atoms with Crippen molar-refractivity contribution in [3.05, 3.63) is 58.9 Å². The molecule has 2 aliphatic heterocycles. The summed E-state index contributed by atoms with van der Waals surface area (Å²) in [5, 5.41) is 10.9. The number of likely N-dealkylation sites (N-methyl/N-ethyl adjacent to an activating group) is 1. The van der Waals surface area contributed by atoms with Crippen LogP contribution in [0.25, 0.3) is 28.1 Å². The fourth-order valence-corrected chi connectivity index (χ4v) is 4.63. The molecular weight excluding hydrogens is 429 g/mol. The minimum atomic E-state index is -0.408. The highest BCUT2D eigenvalue weighted by Crippen LogP contribution is 2.32. The summed E-state index contributed by atoms with van der Waals surface area (Å²) in [6.07, 6.45) is 3.27. The summed E-state index contributed by atoms with van der Waals surface area (Å²) in [6.45, 7) is 3.39. The average Bonchev–Trinajstić information content (AvgIpc) is 3.10. The second kappa shape index (κ2) is 8.33. The van der Waals surface area contributed by atoms with Gasteiger partial charge in [-0.25, -0.2) is 4.39 Å². The van der Waals surface area contributed by atoms with Gasteiger partial charge >= 0.3 is 0 Å². The van der Waals surface area contributed by atoms with Gasteiger partial charge in [0, 0.05) is 37.1 Å². The smallest absolute Gasteiger partial charge is 0.290 e. The molecule has 2 aromatic carbocycles. The van der Waals surface area contributed by atoms with Gasteiger partial charge in [0.15, 0.2) is 0 Å². The first-order valence-corrected chi connectivity index (χ1v) is 11.0. The number of fused-ring (bicyclic) bond motifs is 1. The molecule has 3 heterocycles. The van der Waals surface area contributed by atoms with E-state index in [4.69, 9.17) is 0 Å². The van der Waals surface area contributed by atoms with E-state index in [0.29, 0.717) is 21.7 Å². The van der Waals surface area contributed by atoms with Crippen LogP contribution in [0.1, 0.15) is 5.56 Å². The molecule has 1 aromatic heterocycles. The van der Waals surface area contributed by atoms with Gasteiger partial charge in [0.05, 0.1) is 22.3 Å². The summed E-state index contributed by atoms with van der Waals surface area (Å²) in [5.74, 6) is -0.678. The van der Waals surface area contributed by atoms with Crippen molar-refractivity contribution in [1.29, 1.82) is 0 Å². The van der Waals surface area contributed by atoms with Crippen molar-refractivity contribution in [3.8, 4) is 11.1 Å². The van der Waals surface area contributed by atoms with Gasteiger partial charge in [-0.05, 0) is 60.3 Å². The van der Waals surface area contributed by atoms with E-state index in [1.54, 1.807) is 18.3 Å². The molecule has 1 N–H and O–H groups in total. The second-order valence-corrected chi connectivity index (χ2v) is 8.86. The Morgan fingerprint density at radius 3 is 2.62 bits per heavy atom. The summed E-state index contributed by atoms with van der Waals surface area (Å²) < 4.78 is 15.1. The molecule has 0 aliphatic carbocycles. The number of benzene rings is 2. The molecule has 162 valence electrons. The van der Waals surface area contributed by atoms with Gasteiger partial charge < -0.3 is 9.80 Å². The summed E-state index contributed by atoms with van der Waals surface area (Å²) in [7, 11) is 2.07. The first kappa shape index (κ1) is 20.6. The zero-order chi connectivity index (χ0) is 22.2. The average molecular weight is 450 g/mol. The molecule has 2 aliphatic rings. The molecule has 0 spiro atoms. The zero-order valence-electron chi connectivity index (χ0n) is 17.3. The number of piperazine rings is 1. The lowest BCUT2D eigenvalue weighted by atomic mass is 10.00. The SMILES string of the molecule is CN1CCN(c2ccc(-c3cnnc4ccc(C=C5SC(=O)NC5=O)cc34)cc2F)CC1. The maximum Gasteiger partial charge on any atom is 0.290 e. The minimum Gasteiger partial charge on any atom is -0.367 e. The maximum atomic E-state index is 15.1. The standard InChI is InChI=1S/C23H20FN5O2S/c1-28-6-8-29(9-7-28)20-5-3-15(12-18(20)24)17-13-25-27-19-4-2-14(10-16(17)19)11-21-22(30)26-23(31)32-21/h2-5,10-13H,6-9H2,1H3,(H,26,30,31). The largest absolute Gasteiger partial charge is 0.367 e. The summed E-state index contributed by atoms with van der Waals surface area (Å²) in [6, 6.07) is 10.7. The first-order valence-electron chi connectivity index (χ1n) is 10.2. The number of anilines is 1. The Morgan fingerprint density at radius 1 is 1.09 bits per heavy atom. The van der Waals surface area contributed by atoms with E-state index in [0.717, 1.165) is 54.5 Å². The van der Waals surface area contributed by atoms with Gasteiger partial charge in [-0.3, -0.25) is 14.9 Å². The molecule has 5 rings (SSSR count). The summed E-state index contributed by atoms with van der Waals surface area (Å²) >= 11 is 0.868. The molecular formula is C23H20FN5O2S. The van der Waals surface area contributed by atoms with Crippen LogP contribution in [0, 0.1) is 5.82 Å². The van der Waals surface area contributed by atoms with Gasteiger partial charge in [0.1, 0.15) is 5.82 Å². The molecule has 9 heteroatoms. The third kappa shape index (κ3) is 3.96. The van der Waals surface area contributed by atoms with Crippen LogP contribution >= 0.6 is 11.8 Å². The molecule has 2 saturated heterocycles. The monoisotopic (exact) mass is 449 g/mol. The summed E-state index contributed by atoms with van der Waals surface area (Å²) in [5.41, 5.74) is 3.46. The number of rotatable bonds is 3. The van der Waals surface area contributed by atoms with Crippen molar-refractivity contribution in [3.63, 3.8) is 0 Å². The molecule has 3 aromatic rings. The van der Waals surface area contributed by atoms with E-state index in [2.05, 4.69) is 32.4 Å². The molecule has 7 nitrogen and oxygen atoms in total. The van der Waals surface area contributed by atoms with Crippen LogP contribution < -0.4 is 10.2 Å². The Bertz CT molecular complexity index is 1270. The van der Waals surface area contributed by atoms with E-state index in [9.17, 15) is 9.59 Å². The number of nitrogens with zero attached hydrogens (tertiary/aromatic N) is 4. The second-order valence-electron chi connectivity index (χ2n) is 7.84.